The fourth-order valence-corrected chi connectivity index (χ4v) is 4.21. The van der Waals surface area contributed by atoms with Gasteiger partial charge in [-0.05, 0) is 44.2 Å². The van der Waals surface area contributed by atoms with Crippen LogP contribution in [-0.2, 0) is 6.18 Å². The summed E-state index contributed by atoms with van der Waals surface area (Å²) in [4.78, 5) is 35.1. The maximum Gasteiger partial charge on any atom is 0.434 e. The van der Waals surface area contributed by atoms with Gasteiger partial charge in [0.2, 0.25) is 0 Å². The van der Waals surface area contributed by atoms with Crippen molar-refractivity contribution in [2.24, 2.45) is 5.73 Å². The van der Waals surface area contributed by atoms with Gasteiger partial charge in [-0.3, -0.25) is 14.3 Å². The van der Waals surface area contributed by atoms with Gasteiger partial charge in [-0.2, -0.15) is 18.3 Å². The van der Waals surface area contributed by atoms with Gasteiger partial charge in [0.05, 0.1) is 5.56 Å². The number of alkyl halides is 3. The molecule has 0 spiro atoms. The van der Waals surface area contributed by atoms with Crippen molar-refractivity contribution in [1.82, 2.24) is 29.3 Å². The van der Waals surface area contributed by atoms with Gasteiger partial charge in [0, 0.05) is 30.1 Å². The Hall–Kier alpha value is -5.01. The van der Waals surface area contributed by atoms with Crippen LogP contribution in [0.4, 0.5) is 17.6 Å². The summed E-state index contributed by atoms with van der Waals surface area (Å²) in [5.41, 5.74) is 2.42. The predicted molar refractivity (Wildman–Crippen MR) is 131 cm³/mol. The van der Waals surface area contributed by atoms with Crippen molar-refractivity contribution in [3.05, 3.63) is 82.4 Å². The predicted octanol–water partition coefficient (Wildman–Crippen LogP) is 4.60. The van der Waals surface area contributed by atoms with E-state index in [4.69, 9.17) is 10.5 Å². The number of amides is 1. The van der Waals surface area contributed by atoms with Crippen molar-refractivity contribution < 1.29 is 27.1 Å². The van der Waals surface area contributed by atoms with E-state index in [9.17, 15) is 22.8 Å². The van der Waals surface area contributed by atoms with Crippen molar-refractivity contribution in [3.63, 3.8) is 0 Å². The van der Waals surface area contributed by atoms with Crippen LogP contribution in [-0.4, -0.2) is 35.2 Å². The molecule has 0 aliphatic heterocycles. The normalized spacial score (nSPS) is 11.9. The SMILES string of the molecule is CC(C)n1c(=O)[nH]c2nccc(Oc3ccc(-c4nn(-c5ccccn5)c(C(F)(F)F)c4C(N)=O)cc3F)c21. The fourth-order valence-electron chi connectivity index (χ4n) is 4.21. The zero-order valence-corrected chi connectivity index (χ0v) is 20.3. The maximum absolute atomic E-state index is 15.3. The summed E-state index contributed by atoms with van der Waals surface area (Å²) in [7, 11) is 0. The molecule has 4 aromatic heterocycles. The van der Waals surface area contributed by atoms with Gasteiger partial charge in [-0.15, -0.1) is 0 Å². The molecule has 0 unspecified atom stereocenters. The molecule has 200 valence electrons. The monoisotopic (exact) mass is 541 g/mol. The number of ether oxygens (including phenoxy) is 1. The maximum atomic E-state index is 15.3. The third-order valence-corrected chi connectivity index (χ3v) is 5.78. The largest absolute Gasteiger partial charge is 0.452 e. The molecule has 1 aromatic carbocycles. The lowest BCUT2D eigenvalue weighted by Crippen LogP contribution is -2.21. The molecule has 4 heterocycles. The number of aromatic nitrogens is 6. The van der Waals surface area contributed by atoms with Crippen LogP contribution in [0.3, 0.4) is 0 Å². The minimum Gasteiger partial charge on any atom is -0.452 e. The van der Waals surface area contributed by atoms with E-state index < -0.39 is 40.5 Å². The van der Waals surface area contributed by atoms with E-state index >= 15 is 4.39 Å². The highest BCUT2D eigenvalue weighted by Gasteiger charge is 2.42. The Kier molecular flexibility index (Phi) is 6.17. The van der Waals surface area contributed by atoms with Crippen LogP contribution in [0.1, 0.15) is 35.9 Å². The number of pyridine rings is 2. The van der Waals surface area contributed by atoms with Gasteiger partial charge in [0.25, 0.3) is 5.91 Å². The van der Waals surface area contributed by atoms with E-state index in [0.717, 1.165) is 6.07 Å². The van der Waals surface area contributed by atoms with Gasteiger partial charge in [0.15, 0.2) is 34.5 Å². The molecule has 0 aliphatic rings. The lowest BCUT2D eigenvalue weighted by molar-refractivity contribution is -0.143. The van der Waals surface area contributed by atoms with Crippen LogP contribution in [0.25, 0.3) is 28.2 Å². The van der Waals surface area contributed by atoms with Crippen LogP contribution in [0.15, 0.2) is 59.7 Å². The van der Waals surface area contributed by atoms with E-state index in [2.05, 4.69) is 20.1 Å². The standard InChI is InChI=1S/C25H19F4N7O3/c1-12(2)35-20-16(8-10-32-23(20)33-24(35)38)39-15-7-6-13(11-14(15)26)19-18(22(30)37)21(25(27,28)29)36(34-19)17-5-3-4-9-31-17/h3-12H,1-2H3,(H2,30,37)(H,32,33,38). The number of nitrogens with zero attached hydrogens (tertiary/aromatic N) is 5. The van der Waals surface area contributed by atoms with Crippen molar-refractivity contribution in [3.8, 4) is 28.6 Å². The van der Waals surface area contributed by atoms with Gasteiger partial charge in [-0.25, -0.2) is 23.8 Å². The first-order valence-electron chi connectivity index (χ1n) is 11.5. The number of H-pyrrole nitrogens is 1. The number of fused-ring (bicyclic) bond motifs is 1. The van der Waals surface area contributed by atoms with E-state index in [-0.39, 0.29) is 34.6 Å². The van der Waals surface area contributed by atoms with Gasteiger partial charge in [-0.1, -0.05) is 6.07 Å². The van der Waals surface area contributed by atoms with Crippen molar-refractivity contribution >= 4 is 17.1 Å². The summed E-state index contributed by atoms with van der Waals surface area (Å²) >= 11 is 0. The second-order valence-electron chi connectivity index (χ2n) is 8.68. The molecular weight excluding hydrogens is 522 g/mol. The minimum absolute atomic E-state index is 0.121. The minimum atomic E-state index is -5.04. The van der Waals surface area contributed by atoms with Gasteiger partial charge >= 0.3 is 11.9 Å². The van der Waals surface area contributed by atoms with Crippen LogP contribution < -0.4 is 16.2 Å². The average molecular weight is 541 g/mol. The highest BCUT2D eigenvalue weighted by atomic mass is 19.4. The third kappa shape index (κ3) is 4.49. The molecule has 5 rings (SSSR count). The van der Waals surface area contributed by atoms with E-state index in [0.29, 0.717) is 10.2 Å². The Morgan fingerprint density at radius 1 is 1.08 bits per heavy atom. The Balaban J connectivity index is 1.62. The van der Waals surface area contributed by atoms with Crippen molar-refractivity contribution in [2.45, 2.75) is 26.1 Å². The Morgan fingerprint density at radius 2 is 1.85 bits per heavy atom. The number of halogens is 4. The quantitative estimate of drug-likeness (QED) is 0.302. The molecule has 0 aliphatic carbocycles. The van der Waals surface area contributed by atoms with Gasteiger partial charge < -0.3 is 10.5 Å². The first kappa shape index (κ1) is 25.6. The number of hydrogen-bond acceptors (Lipinski definition) is 6. The molecule has 0 radical (unpaired) electrons. The highest BCUT2D eigenvalue weighted by molar-refractivity contribution is 6.00. The van der Waals surface area contributed by atoms with Crippen LogP contribution in [0, 0.1) is 5.82 Å². The zero-order valence-electron chi connectivity index (χ0n) is 20.3. The van der Waals surface area contributed by atoms with E-state index in [1.54, 1.807) is 13.8 Å². The first-order valence-corrected chi connectivity index (χ1v) is 11.5. The highest BCUT2D eigenvalue weighted by Crippen LogP contribution is 2.39. The number of hydrogen-bond donors (Lipinski definition) is 2. The van der Waals surface area contributed by atoms with Crippen LogP contribution >= 0.6 is 0 Å². The number of aromatic amines is 1. The lowest BCUT2D eigenvalue weighted by Gasteiger charge is -2.12. The Bertz CT molecular complexity index is 1770. The second kappa shape index (κ2) is 9.38. The topological polar surface area (TPSA) is 134 Å². The number of benzene rings is 1. The number of imidazole rings is 1. The number of rotatable bonds is 6. The molecule has 1 amide bonds. The van der Waals surface area contributed by atoms with E-state index in [1.165, 1.54) is 53.4 Å². The Morgan fingerprint density at radius 3 is 2.46 bits per heavy atom. The fraction of sp³-hybridized carbons (Fsp3) is 0.160. The summed E-state index contributed by atoms with van der Waals surface area (Å²) in [6.45, 7) is 3.55. The second-order valence-corrected chi connectivity index (χ2v) is 8.68. The summed E-state index contributed by atoms with van der Waals surface area (Å²) in [6, 6.07) is 8.65. The summed E-state index contributed by atoms with van der Waals surface area (Å²) in [5, 5.41) is 3.94. The smallest absolute Gasteiger partial charge is 0.434 e. The molecule has 10 nitrogen and oxygen atoms in total. The summed E-state index contributed by atoms with van der Waals surface area (Å²) in [6.07, 6.45) is -2.41. The lowest BCUT2D eigenvalue weighted by atomic mass is 10.0. The van der Waals surface area contributed by atoms with Crippen LogP contribution in [0.2, 0.25) is 0 Å². The number of nitrogens with one attached hydrogen (secondary N) is 1. The number of carbonyl (C=O) groups excluding carboxylic acids is 1. The summed E-state index contributed by atoms with van der Waals surface area (Å²) < 4.78 is 65.1. The molecule has 0 bridgehead atoms. The summed E-state index contributed by atoms with van der Waals surface area (Å²) in [5.74, 6) is -2.77. The van der Waals surface area contributed by atoms with Crippen LogP contribution in [0.5, 0.6) is 11.5 Å². The molecule has 0 fully saturated rings. The molecule has 3 N–H and O–H groups in total. The van der Waals surface area contributed by atoms with Crippen molar-refractivity contribution in [1.29, 1.82) is 0 Å². The Labute approximate surface area is 216 Å². The molecule has 0 saturated carbocycles. The molecule has 39 heavy (non-hydrogen) atoms. The number of primary amides is 1. The number of nitrogens with two attached hydrogens (primary N) is 1. The molecule has 5 aromatic rings. The molecule has 0 atom stereocenters. The average Bonchev–Trinajstić information content (AvgIpc) is 3.45. The van der Waals surface area contributed by atoms with Gasteiger partial charge in [0.1, 0.15) is 11.2 Å². The third-order valence-electron chi connectivity index (χ3n) is 5.78. The number of carbonyl (C=O) groups is 1. The van der Waals surface area contributed by atoms with Crippen molar-refractivity contribution in [2.75, 3.05) is 0 Å². The first-order chi connectivity index (χ1) is 18.5. The zero-order chi connectivity index (χ0) is 28.1. The van der Waals surface area contributed by atoms with E-state index in [1.807, 2.05) is 0 Å². The molecular formula is C25H19F4N7O3. The molecule has 14 heteroatoms. The molecule has 0 saturated heterocycles.